The zero-order valence-corrected chi connectivity index (χ0v) is 8.53. The van der Waals surface area contributed by atoms with Crippen LogP contribution in [-0.2, 0) is 6.54 Å². The highest BCUT2D eigenvalue weighted by molar-refractivity contribution is 5.34. The molecule has 1 nitrogen and oxygen atoms in total. The van der Waals surface area contributed by atoms with Gasteiger partial charge in [0.2, 0.25) is 0 Å². The average Bonchev–Trinajstić information content (AvgIpc) is 3.02. The topological polar surface area (TPSA) is 3.24 Å². The lowest BCUT2D eigenvalue weighted by Gasteiger charge is -2.15. The third-order valence-electron chi connectivity index (χ3n) is 2.72. The minimum atomic E-state index is 0.822. The summed E-state index contributed by atoms with van der Waals surface area (Å²) in [7, 11) is 2.19. The molecular formula is C13H15N. The predicted molar refractivity (Wildman–Crippen MR) is 58.9 cm³/mol. The van der Waals surface area contributed by atoms with E-state index in [-0.39, 0.29) is 0 Å². The van der Waals surface area contributed by atoms with Crippen molar-refractivity contribution in [2.45, 2.75) is 25.4 Å². The molecule has 0 amide bonds. The third kappa shape index (κ3) is 2.16. The molecule has 1 aromatic carbocycles. The lowest BCUT2D eigenvalue weighted by molar-refractivity contribution is 0.316. The summed E-state index contributed by atoms with van der Waals surface area (Å²) in [6, 6.07) is 9.08. The molecule has 72 valence electrons. The average molecular weight is 185 g/mol. The van der Waals surface area contributed by atoms with Crippen molar-refractivity contribution in [3.63, 3.8) is 0 Å². The molecule has 0 aliphatic heterocycles. The van der Waals surface area contributed by atoms with Gasteiger partial charge in [0.25, 0.3) is 0 Å². The van der Waals surface area contributed by atoms with Gasteiger partial charge in [-0.1, -0.05) is 18.1 Å². The van der Waals surface area contributed by atoms with Crippen LogP contribution in [0.2, 0.25) is 0 Å². The minimum Gasteiger partial charge on any atom is -0.299 e. The van der Waals surface area contributed by atoms with Crippen LogP contribution in [0.4, 0.5) is 0 Å². The fourth-order valence-corrected chi connectivity index (χ4v) is 1.64. The van der Waals surface area contributed by atoms with E-state index in [1.807, 2.05) is 12.1 Å². The van der Waals surface area contributed by atoms with E-state index in [2.05, 4.69) is 30.0 Å². The molecule has 1 aromatic rings. The summed E-state index contributed by atoms with van der Waals surface area (Å²) in [5, 5.41) is 0. The Bertz CT molecular complexity index is 340. The molecule has 1 aliphatic rings. The summed E-state index contributed by atoms with van der Waals surface area (Å²) in [6.45, 7) is 1.04. The normalized spacial score (nSPS) is 15.5. The maximum atomic E-state index is 5.30. The SMILES string of the molecule is C#Cc1ccc(CN(C)C2CC2)cc1. The maximum Gasteiger partial charge on any atom is 0.0242 e. The Labute approximate surface area is 85.7 Å². The molecule has 0 atom stereocenters. The Balaban J connectivity index is 1.99. The third-order valence-corrected chi connectivity index (χ3v) is 2.72. The molecule has 0 saturated heterocycles. The number of terminal acetylenes is 1. The first-order valence-corrected chi connectivity index (χ1v) is 5.05. The maximum absolute atomic E-state index is 5.30. The van der Waals surface area contributed by atoms with Crippen LogP contribution in [0.25, 0.3) is 0 Å². The number of nitrogens with zero attached hydrogens (tertiary/aromatic N) is 1. The van der Waals surface area contributed by atoms with Crippen molar-refractivity contribution in [2.24, 2.45) is 0 Å². The van der Waals surface area contributed by atoms with E-state index in [1.165, 1.54) is 18.4 Å². The van der Waals surface area contributed by atoms with Crippen molar-refractivity contribution in [2.75, 3.05) is 7.05 Å². The molecule has 14 heavy (non-hydrogen) atoms. The molecule has 0 N–H and O–H groups in total. The molecule has 0 bridgehead atoms. The largest absolute Gasteiger partial charge is 0.299 e. The van der Waals surface area contributed by atoms with E-state index in [0.717, 1.165) is 18.2 Å². The molecule has 0 unspecified atom stereocenters. The van der Waals surface area contributed by atoms with Crippen molar-refractivity contribution in [3.05, 3.63) is 35.4 Å². The van der Waals surface area contributed by atoms with Gasteiger partial charge in [-0.05, 0) is 37.6 Å². The van der Waals surface area contributed by atoms with E-state index >= 15 is 0 Å². The van der Waals surface area contributed by atoms with Gasteiger partial charge in [-0.3, -0.25) is 4.90 Å². The number of hydrogen-bond acceptors (Lipinski definition) is 1. The highest BCUT2D eigenvalue weighted by Gasteiger charge is 2.25. The Morgan fingerprint density at radius 3 is 2.50 bits per heavy atom. The van der Waals surface area contributed by atoms with Crippen LogP contribution in [-0.4, -0.2) is 18.0 Å². The fraction of sp³-hybridized carbons (Fsp3) is 0.385. The van der Waals surface area contributed by atoms with Gasteiger partial charge in [-0.15, -0.1) is 6.42 Å². The molecule has 1 heteroatoms. The Kier molecular flexibility index (Phi) is 2.56. The van der Waals surface area contributed by atoms with Gasteiger partial charge in [0.05, 0.1) is 0 Å². The molecule has 0 spiro atoms. The number of rotatable bonds is 3. The van der Waals surface area contributed by atoms with Gasteiger partial charge < -0.3 is 0 Å². The summed E-state index contributed by atoms with van der Waals surface area (Å²) in [5.74, 6) is 2.63. The van der Waals surface area contributed by atoms with Gasteiger partial charge in [0, 0.05) is 18.2 Å². The van der Waals surface area contributed by atoms with E-state index in [9.17, 15) is 0 Å². The minimum absolute atomic E-state index is 0.822. The van der Waals surface area contributed by atoms with Crippen LogP contribution < -0.4 is 0 Å². The summed E-state index contributed by atoms with van der Waals surface area (Å²) < 4.78 is 0. The fourth-order valence-electron chi connectivity index (χ4n) is 1.64. The van der Waals surface area contributed by atoms with Crippen molar-refractivity contribution in [1.82, 2.24) is 4.90 Å². The monoisotopic (exact) mass is 185 g/mol. The van der Waals surface area contributed by atoms with Crippen LogP contribution in [0.15, 0.2) is 24.3 Å². The second kappa shape index (κ2) is 3.86. The molecule has 1 saturated carbocycles. The van der Waals surface area contributed by atoms with Crippen molar-refractivity contribution >= 4 is 0 Å². The second-order valence-electron chi connectivity index (χ2n) is 3.99. The van der Waals surface area contributed by atoms with E-state index < -0.39 is 0 Å². The van der Waals surface area contributed by atoms with Crippen molar-refractivity contribution in [3.8, 4) is 12.3 Å². The highest BCUT2D eigenvalue weighted by atomic mass is 15.1. The van der Waals surface area contributed by atoms with Crippen LogP contribution in [0, 0.1) is 12.3 Å². The van der Waals surface area contributed by atoms with Crippen LogP contribution in [0.5, 0.6) is 0 Å². The van der Waals surface area contributed by atoms with Gasteiger partial charge in [-0.25, -0.2) is 0 Å². The lowest BCUT2D eigenvalue weighted by Crippen LogP contribution is -2.19. The molecule has 0 heterocycles. The summed E-state index contributed by atoms with van der Waals surface area (Å²) in [4.78, 5) is 2.41. The summed E-state index contributed by atoms with van der Waals surface area (Å²) in [6.07, 6.45) is 8.02. The molecule has 0 aromatic heterocycles. The first-order valence-electron chi connectivity index (χ1n) is 5.05. The first kappa shape index (κ1) is 9.30. The lowest BCUT2D eigenvalue weighted by atomic mass is 10.1. The van der Waals surface area contributed by atoms with Crippen LogP contribution in [0.3, 0.4) is 0 Å². The second-order valence-corrected chi connectivity index (χ2v) is 3.99. The van der Waals surface area contributed by atoms with Crippen molar-refractivity contribution in [1.29, 1.82) is 0 Å². The highest BCUT2D eigenvalue weighted by Crippen LogP contribution is 2.26. The van der Waals surface area contributed by atoms with Gasteiger partial charge in [0.15, 0.2) is 0 Å². The predicted octanol–water partition coefficient (Wildman–Crippen LogP) is 2.26. The van der Waals surface area contributed by atoms with Crippen LogP contribution in [0.1, 0.15) is 24.0 Å². The summed E-state index contributed by atoms with van der Waals surface area (Å²) in [5.41, 5.74) is 2.31. The number of benzene rings is 1. The Morgan fingerprint density at radius 1 is 1.36 bits per heavy atom. The Hall–Kier alpha value is -1.26. The van der Waals surface area contributed by atoms with Gasteiger partial charge >= 0.3 is 0 Å². The molecule has 0 radical (unpaired) electrons. The molecule has 2 rings (SSSR count). The first-order chi connectivity index (χ1) is 6.79. The molecular weight excluding hydrogens is 170 g/mol. The molecule has 1 aliphatic carbocycles. The van der Waals surface area contributed by atoms with E-state index in [0.29, 0.717) is 0 Å². The van der Waals surface area contributed by atoms with Gasteiger partial charge in [0.1, 0.15) is 0 Å². The van der Waals surface area contributed by atoms with Crippen molar-refractivity contribution < 1.29 is 0 Å². The van der Waals surface area contributed by atoms with Crippen LogP contribution >= 0.6 is 0 Å². The van der Waals surface area contributed by atoms with Gasteiger partial charge in [-0.2, -0.15) is 0 Å². The van der Waals surface area contributed by atoms with E-state index in [1.54, 1.807) is 0 Å². The quantitative estimate of drug-likeness (QED) is 0.653. The molecule has 1 fully saturated rings. The number of hydrogen-bond donors (Lipinski definition) is 0. The smallest absolute Gasteiger partial charge is 0.0242 e. The summed E-state index contributed by atoms with van der Waals surface area (Å²) >= 11 is 0. The Morgan fingerprint density at radius 2 is 2.00 bits per heavy atom. The zero-order chi connectivity index (χ0) is 9.97. The van der Waals surface area contributed by atoms with E-state index in [4.69, 9.17) is 6.42 Å². The standard InChI is InChI=1S/C13H15N/c1-3-11-4-6-12(7-5-11)10-14(2)13-8-9-13/h1,4-7,13H,8-10H2,2H3. The zero-order valence-electron chi connectivity index (χ0n) is 8.53.